The summed E-state index contributed by atoms with van der Waals surface area (Å²) >= 11 is 0. The zero-order chi connectivity index (χ0) is 19.5. The van der Waals surface area contributed by atoms with Gasteiger partial charge in [0.15, 0.2) is 5.82 Å². The number of fused-ring (bicyclic) bond motifs is 1. The van der Waals surface area contributed by atoms with Gasteiger partial charge >= 0.3 is 0 Å². The molecule has 0 saturated carbocycles. The average molecular weight is 377 g/mol. The lowest BCUT2D eigenvalue weighted by molar-refractivity contribution is -0.136. The van der Waals surface area contributed by atoms with Gasteiger partial charge in [-0.25, -0.2) is 4.98 Å². The Labute approximate surface area is 165 Å². The Kier molecular flexibility index (Phi) is 5.37. The number of aryl methyl sites for hydroxylation is 1. The fourth-order valence-electron chi connectivity index (χ4n) is 4.08. The molecule has 0 radical (unpaired) electrons. The summed E-state index contributed by atoms with van der Waals surface area (Å²) in [6, 6.07) is 8.23. The third kappa shape index (κ3) is 3.77. The highest BCUT2D eigenvalue weighted by molar-refractivity contribution is 5.86. The summed E-state index contributed by atoms with van der Waals surface area (Å²) in [5, 5.41) is 9.66. The molecule has 2 aromatic heterocycles. The van der Waals surface area contributed by atoms with Gasteiger partial charge in [-0.15, -0.1) is 0 Å². The Hall–Kier alpha value is -2.76. The molecule has 1 unspecified atom stereocenters. The van der Waals surface area contributed by atoms with Gasteiger partial charge in [0.1, 0.15) is 5.82 Å². The molecule has 1 saturated heterocycles. The van der Waals surface area contributed by atoms with E-state index >= 15 is 0 Å². The van der Waals surface area contributed by atoms with Gasteiger partial charge in [-0.05, 0) is 30.2 Å². The molecule has 1 fully saturated rings. The lowest BCUT2D eigenvalue weighted by Gasteiger charge is -2.32. The van der Waals surface area contributed by atoms with Crippen LogP contribution in [0.25, 0.3) is 10.8 Å². The largest absolute Gasteiger partial charge is 0.342 e. The zero-order valence-electron chi connectivity index (χ0n) is 16.6. The second-order valence-electron chi connectivity index (χ2n) is 7.72. The minimum atomic E-state index is -0.0561. The Bertz CT molecular complexity index is 953. The van der Waals surface area contributed by atoms with Crippen molar-refractivity contribution < 1.29 is 4.79 Å². The molecule has 0 spiro atoms. The zero-order valence-corrected chi connectivity index (χ0v) is 16.6. The Morgan fingerprint density at radius 3 is 2.79 bits per heavy atom. The summed E-state index contributed by atoms with van der Waals surface area (Å²) in [4.78, 5) is 23.9. The number of rotatable bonds is 5. The number of nitrogens with zero attached hydrogens (tertiary/aromatic N) is 4. The molecule has 1 aromatic carbocycles. The third-order valence-corrected chi connectivity index (χ3v) is 5.75. The van der Waals surface area contributed by atoms with Gasteiger partial charge in [0.05, 0.1) is 0 Å². The lowest BCUT2D eigenvalue weighted by Crippen LogP contribution is -2.41. The van der Waals surface area contributed by atoms with Crippen LogP contribution < -0.4 is 0 Å². The van der Waals surface area contributed by atoms with E-state index in [0.717, 1.165) is 55.0 Å². The first-order valence-corrected chi connectivity index (χ1v) is 10.2. The molecule has 0 aliphatic carbocycles. The minimum absolute atomic E-state index is 0.0561. The van der Waals surface area contributed by atoms with Crippen molar-refractivity contribution in [1.29, 1.82) is 0 Å². The van der Waals surface area contributed by atoms with Crippen LogP contribution in [0, 0.1) is 5.92 Å². The first-order valence-electron chi connectivity index (χ1n) is 10.2. The second kappa shape index (κ2) is 8.09. The fourth-order valence-corrected chi connectivity index (χ4v) is 4.08. The molecule has 6 heteroatoms. The average Bonchev–Trinajstić information content (AvgIpc) is 3.23. The molecule has 6 nitrogen and oxygen atoms in total. The number of nitrogens with one attached hydrogen (secondary N) is 1. The number of aromatic amines is 1. The minimum Gasteiger partial charge on any atom is -0.342 e. The van der Waals surface area contributed by atoms with E-state index in [1.807, 2.05) is 36.4 Å². The van der Waals surface area contributed by atoms with Crippen LogP contribution in [0.5, 0.6) is 0 Å². The summed E-state index contributed by atoms with van der Waals surface area (Å²) < 4.78 is 0. The molecule has 4 rings (SSSR count). The smallest absolute Gasteiger partial charge is 0.225 e. The van der Waals surface area contributed by atoms with Gasteiger partial charge in [0, 0.05) is 49.1 Å². The van der Waals surface area contributed by atoms with Crippen molar-refractivity contribution >= 4 is 16.7 Å². The van der Waals surface area contributed by atoms with Crippen LogP contribution >= 0.6 is 0 Å². The molecular weight excluding hydrogens is 350 g/mol. The highest BCUT2D eigenvalue weighted by Gasteiger charge is 2.28. The molecule has 1 aliphatic rings. The molecule has 3 heterocycles. The molecule has 0 bridgehead atoms. The molecule has 1 N–H and O–H groups in total. The Morgan fingerprint density at radius 2 is 2.04 bits per heavy atom. The maximum atomic E-state index is 13.0. The van der Waals surface area contributed by atoms with E-state index in [0.29, 0.717) is 12.3 Å². The SMILES string of the molecule is CCc1nc(C2CCN(C(=O)C(C)Cc3cncc4ccccc34)CC2)n[nH]1. The van der Waals surface area contributed by atoms with Crippen molar-refractivity contribution in [2.24, 2.45) is 5.92 Å². The van der Waals surface area contributed by atoms with E-state index in [-0.39, 0.29) is 11.8 Å². The quantitative estimate of drug-likeness (QED) is 0.738. The van der Waals surface area contributed by atoms with Gasteiger partial charge in [0.25, 0.3) is 0 Å². The van der Waals surface area contributed by atoms with E-state index < -0.39 is 0 Å². The number of carbonyl (C=O) groups excluding carboxylic acids is 1. The highest BCUT2D eigenvalue weighted by Crippen LogP contribution is 2.27. The van der Waals surface area contributed by atoms with E-state index in [2.05, 4.69) is 39.2 Å². The van der Waals surface area contributed by atoms with Crippen LogP contribution in [0.15, 0.2) is 36.7 Å². The number of H-pyrrole nitrogens is 1. The highest BCUT2D eigenvalue weighted by atomic mass is 16.2. The molecule has 1 amide bonds. The maximum Gasteiger partial charge on any atom is 0.225 e. The molecule has 1 atom stereocenters. The van der Waals surface area contributed by atoms with E-state index in [9.17, 15) is 4.79 Å². The summed E-state index contributed by atoms with van der Waals surface area (Å²) in [7, 11) is 0. The van der Waals surface area contributed by atoms with Crippen LogP contribution in [0.4, 0.5) is 0 Å². The topological polar surface area (TPSA) is 74.8 Å². The Balaban J connectivity index is 1.38. The first kappa shape index (κ1) is 18.6. The van der Waals surface area contributed by atoms with Crippen molar-refractivity contribution in [1.82, 2.24) is 25.1 Å². The molecule has 28 heavy (non-hydrogen) atoms. The van der Waals surface area contributed by atoms with E-state index in [1.54, 1.807) is 0 Å². The van der Waals surface area contributed by atoms with Gasteiger partial charge in [-0.3, -0.25) is 14.9 Å². The molecule has 1 aliphatic heterocycles. The Morgan fingerprint density at radius 1 is 1.25 bits per heavy atom. The number of hydrogen-bond acceptors (Lipinski definition) is 4. The first-order chi connectivity index (χ1) is 13.7. The normalized spacial score (nSPS) is 16.4. The number of piperidine rings is 1. The van der Waals surface area contributed by atoms with Crippen molar-refractivity contribution in [2.75, 3.05) is 13.1 Å². The van der Waals surface area contributed by atoms with Crippen molar-refractivity contribution in [2.45, 2.75) is 45.4 Å². The van der Waals surface area contributed by atoms with Gasteiger partial charge < -0.3 is 4.90 Å². The van der Waals surface area contributed by atoms with Crippen molar-refractivity contribution in [3.63, 3.8) is 0 Å². The molecule has 3 aromatic rings. The third-order valence-electron chi connectivity index (χ3n) is 5.75. The van der Waals surface area contributed by atoms with Crippen molar-refractivity contribution in [3.8, 4) is 0 Å². The second-order valence-corrected chi connectivity index (χ2v) is 7.72. The predicted molar refractivity (Wildman–Crippen MR) is 109 cm³/mol. The van der Waals surface area contributed by atoms with Gasteiger partial charge in [0.2, 0.25) is 5.91 Å². The number of hydrogen-bond donors (Lipinski definition) is 1. The maximum absolute atomic E-state index is 13.0. The summed E-state index contributed by atoms with van der Waals surface area (Å²) in [6.45, 7) is 5.65. The number of likely N-dealkylation sites (tertiary alicyclic amines) is 1. The number of aromatic nitrogens is 4. The molecule has 146 valence electrons. The monoisotopic (exact) mass is 377 g/mol. The summed E-state index contributed by atoms with van der Waals surface area (Å²) in [5.41, 5.74) is 1.14. The van der Waals surface area contributed by atoms with Crippen LogP contribution in [-0.4, -0.2) is 44.1 Å². The van der Waals surface area contributed by atoms with Gasteiger partial charge in [-0.1, -0.05) is 38.1 Å². The van der Waals surface area contributed by atoms with Crippen LogP contribution in [0.3, 0.4) is 0 Å². The van der Waals surface area contributed by atoms with Crippen LogP contribution in [-0.2, 0) is 17.6 Å². The van der Waals surface area contributed by atoms with Gasteiger partial charge in [-0.2, -0.15) is 5.10 Å². The number of benzene rings is 1. The van der Waals surface area contributed by atoms with E-state index in [1.165, 1.54) is 5.39 Å². The lowest BCUT2D eigenvalue weighted by atomic mass is 9.93. The number of pyridine rings is 1. The van der Waals surface area contributed by atoms with Crippen molar-refractivity contribution in [3.05, 3.63) is 53.9 Å². The standard InChI is InChI=1S/C22H27N5O/c1-3-20-24-21(26-25-20)16-8-10-27(11-9-16)22(28)15(2)12-18-14-23-13-17-6-4-5-7-19(17)18/h4-7,13-16H,3,8-12H2,1-2H3,(H,24,25,26). The van der Waals surface area contributed by atoms with Crippen LogP contribution in [0.1, 0.15) is 49.8 Å². The fraction of sp³-hybridized carbons (Fsp3) is 0.455. The number of amides is 1. The summed E-state index contributed by atoms with van der Waals surface area (Å²) in [6.07, 6.45) is 7.21. The number of carbonyl (C=O) groups is 1. The predicted octanol–water partition coefficient (Wildman–Crippen LogP) is 3.50. The van der Waals surface area contributed by atoms with Crippen LogP contribution in [0.2, 0.25) is 0 Å². The molecular formula is C22H27N5O. The van der Waals surface area contributed by atoms with E-state index in [4.69, 9.17) is 0 Å². The summed E-state index contributed by atoms with van der Waals surface area (Å²) in [5.74, 6) is 2.36.